The van der Waals surface area contributed by atoms with E-state index in [1.807, 2.05) is 13.1 Å². The molecule has 13 heavy (non-hydrogen) atoms. The monoisotopic (exact) mass is 177 g/mol. The van der Waals surface area contributed by atoms with Crippen LogP contribution in [-0.4, -0.2) is 31.8 Å². The van der Waals surface area contributed by atoms with E-state index in [0.717, 1.165) is 5.56 Å². The van der Waals surface area contributed by atoms with Crippen LogP contribution in [0.15, 0.2) is 18.6 Å². The van der Waals surface area contributed by atoms with Gasteiger partial charge in [-0.2, -0.15) is 0 Å². The number of nitrogens with zero attached hydrogens (tertiary/aromatic N) is 3. The fourth-order valence-electron chi connectivity index (χ4n) is 1.30. The standard InChI is InChI=1S/C7H8BN3O2/c1-5-2-6(8(12)13)7-10-9-4-11(7)3-5/h2-4,12-13H,1H3. The minimum Gasteiger partial charge on any atom is -0.423 e. The van der Waals surface area contributed by atoms with Crippen molar-refractivity contribution in [1.29, 1.82) is 0 Å². The van der Waals surface area contributed by atoms with Crippen LogP contribution in [0.4, 0.5) is 0 Å². The summed E-state index contributed by atoms with van der Waals surface area (Å²) in [6.45, 7) is 1.87. The number of aromatic nitrogens is 3. The molecule has 2 aromatic heterocycles. The van der Waals surface area contributed by atoms with Crippen molar-refractivity contribution >= 4 is 18.2 Å². The van der Waals surface area contributed by atoms with Crippen LogP contribution in [0.2, 0.25) is 0 Å². The van der Waals surface area contributed by atoms with Gasteiger partial charge < -0.3 is 10.0 Å². The molecule has 0 fully saturated rings. The topological polar surface area (TPSA) is 70.7 Å². The maximum absolute atomic E-state index is 9.04. The summed E-state index contributed by atoms with van der Waals surface area (Å²) in [7, 11) is -1.51. The van der Waals surface area contributed by atoms with Crippen LogP contribution in [-0.2, 0) is 0 Å². The molecule has 2 aromatic rings. The quantitative estimate of drug-likeness (QED) is 0.532. The molecular weight excluding hydrogens is 169 g/mol. The molecule has 0 unspecified atom stereocenters. The first-order chi connectivity index (χ1) is 6.18. The van der Waals surface area contributed by atoms with E-state index in [1.165, 1.54) is 6.33 Å². The Kier molecular flexibility index (Phi) is 1.79. The molecule has 66 valence electrons. The number of fused-ring (bicyclic) bond motifs is 1. The second kappa shape index (κ2) is 2.83. The lowest BCUT2D eigenvalue weighted by atomic mass is 9.80. The molecule has 0 aliphatic rings. The lowest BCUT2D eigenvalue weighted by Crippen LogP contribution is -2.32. The van der Waals surface area contributed by atoms with E-state index in [0.29, 0.717) is 11.1 Å². The Morgan fingerprint density at radius 1 is 1.46 bits per heavy atom. The average molecular weight is 177 g/mol. The van der Waals surface area contributed by atoms with Crippen molar-refractivity contribution in [1.82, 2.24) is 14.6 Å². The number of hydrogen-bond donors (Lipinski definition) is 2. The van der Waals surface area contributed by atoms with Crippen LogP contribution >= 0.6 is 0 Å². The molecule has 0 aromatic carbocycles. The third-order valence-electron chi connectivity index (χ3n) is 1.84. The van der Waals surface area contributed by atoms with Gasteiger partial charge in [0.25, 0.3) is 0 Å². The van der Waals surface area contributed by atoms with E-state index in [9.17, 15) is 0 Å². The van der Waals surface area contributed by atoms with E-state index in [-0.39, 0.29) is 0 Å². The number of pyridine rings is 1. The Morgan fingerprint density at radius 3 is 2.92 bits per heavy atom. The van der Waals surface area contributed by atoms with Crippen molar-refractivity contribution in [2.24, 2.45) is 0 Å². The Labute approximate surface area is 74.8 Å². The zero-order valence-corrected chi connectivity index (χ0v) is 7.05. The van der Waals surface area contributed by atoms with Gasteiger partial charge in [-0.1, -0.05) is 6.07 Å². The summed E-state index contributed by atoms with van der Waals surface area (Å²) in [6.07, 6.45) is 3.34. The third-order valence-corrected chi connectivity index (χ3v) is 1.84. The minimum absolute atomic E-state index is 0.373. The van der Waals surface area contributed by atoms with Crippen LogP contribution in [0.3, 0.4) is 0 Å². The lowest BCUT2D eigenvalue weighted by molar-refractivity contribution is 0.426. The highest BCUT2D eigenvalue weighted by atomic mass is 16.4. The van der Waals surface area contributed by atoms with E-state index < -0.39 is 7.12 Å². The predicted molar refractivity (Wildman–Crippen MR) is 47.5 cm³/mol. The fraction of sp³-hybridized carbons (Fsp3) is 0.143. The summed E-state index contributed by atoms with van der Waals surface area (Å²) in [6, 6.07) is 1.68. The molecule has 2 heterocycles. The van der Waals surface area contributed by atoms with E-state index in [4.69, 9.17) is 10.0 Å². The zero-order chi connectivity index (χ0) is 9.42. The second-order valence-electron chi connectivity index (χ2n) is 2.91. The van der Waals surface area contributed by atoms with Crippen LogP contribution in [0.25, 0.3) is 5.65 Å². The van der Waals surface area contributed by atoms with Gasteiger partial charge in [-0.3, -0.25) is 4.40 Å². The molecule has 0 saturated heterocycles. The maximum Gasteiger partial charge on any atom is 0.492 e. The summed E-state index contributed by atoms with van der Waals surface area (Å²) in [5.74, 6) is 0. The van der Waals surface area contributed by atoms with Crippen LogP contribution in [0, 0.1) is 6.92 Å². The second-order valence-corrected chi connectivity index (χ2v) is 2.91. The van der Waals surface area contributed by atoms with Crippen molar-refractivity contribution in [2.45, 2.75) is 6.92 Å². The molecule has 6 heteroatoms. The van der Waals surface area contributed by atoms with E-state index >= 15 is 0 Å². The first kappa shape index (κ1) is 8.21. The first-order valence-corrected chi connectivity index (χ1v) is 3.84. The highest BCUT2D eigenvalue weighted by Gasteiger charge is 2.16. The molecule has 0 amide bonds. The minimum atomic E-state index is -1.51. The normalized spacial score (nSPS) is 10.7. The van der Waals surface area contributed by atoms with Crippen LogP contribution in [0.1, 0.15) is 5.56 Å². The highest BCUT2D eigenvalue weighted by molar-refractivity contribution is 6.60. The van der Waals surface area contributed by atoms with Crippen molar-refractivity contribution in [3.05, 3.63) is 24.2 Å². The molecule has 2 rings (SSSR count). The van der Waals surface area contributed by atoms with Gasteiger partial charge in [-0.15, -0.1) is 10.2 Å². The Balaban J connectivity index is 2.77. The maximum atomic E-state index is 9.04. The predicted octanol–water partition coefficient (Wildman–Crippen LogP) is -1.28. The molecule has 2 N–H and O–H groups in total. The molecule has 0 atom stereocenters. The van der Waals surface area contributed by atoms with Gasteiger partial charge in [0.1, 0.15) is 6.33 Å². The van der Waals surface area contributed by atoms with Crippen LogP contribution < -0.4 is 5.46 Å². The van der Waals surface area contributed by atoms with Crippen molar-refractivity contribution < 1.29 is 10.0 Å². The van der Waals surface area contributed by atoms with E-state index in [2.05, 4.69) is 10.2 Å². The third kappa shape index (κ3) is 1.30. The van der Waals surface area contributed by atoms with Gasteiger partial charge in [-0.05, 0) is 12.5 Å². The van der Waals surface area contributed by atoms with Gasteiger partial charge >= 0.3 is 7.12 Å². The molecule has 0 aliphatic carbocycles. The van der Waals surface area contributed by atoms with Crippen molar-refractivity contribution in [3.63, 3.8) is 0 Å². The highest BCUT2D eigenvalue weighted by Crippen LogP contribution is 2.00. The summed E-state index contributed by atoms with van der Waals surface area (Å²) in [5.41, 5.74) is 1.77. The van der Waals surface area contributed by atoms with Crippen molar-refractivity contribution in [2.75, 3.05) is 0 Å². The molecular formula is C7H8BN3O2. The van der Waals surface area contributed by atoms with Crippen molar-refractivity contribution in [3.8, 4) is 0 Å². The number of aryl methyl sites for hydroxylation is 1. The van der Waals surface area contributed by atoms with Crippen LogP contribution in [0.5, 0.6) is 0 Å². The molecule has 0 radical (unpaired) electrons. The van der Waals surface area contributed by atoms with Gasteiger partial charge in [0, 0.05) is 11.7 Å². The fourth-order valence-corrected chi connectivity index (χ4v) is 1.30. The number of hydrogen-bond acceptors (Lipinski definition) is 4. The van der Waals surface area contributed by atoms with Gasteiger partial charge in [-0.25, -0.2) is 0 Å². The molecule has 5 nitrogen and oxygen atoms in total. The largest absolute Gasteiger partial charge is 0.492 e. The Morgan fingerprint density at radius 2 is 2.23 bits per heavy atom. The molecule has 0 aliphatic heterocycles. The lowest BCUT2D eigenvalue weighted by Gasteiger charge is -2.02. The van der Waals surface area contributed by atoms with Gasteiger partial charge in [0.15, 0.2) is 5.65 Å². The summed E-state index contributed by atoms with van der Waals surface area (Å²) in [5, 5.41) is 25.5. The average Bonchev–Trinajstić information content (AvgIpc) is 2.49. The zero-order valence-electron chi connectivity index (χ0n) is 7.05. The Bertz CT molecular complexity index is 440. The number of rotatable bonds is 1. The summed E-state index contributed by atoms with van der Waals surface area (Å²) in [4.78, 5) is 0. The summed E-state index contributed by atoms with van der Waals surface area (Å²) >= 11 is 0. The molecule has 0 bridgehead atoms. The molecule has 0 spiro atoms. The summed E-state index contributed by atoms with van der Waals surface area (Å²) < 4.78 is 1.66. The first-order valence-electron chi connectivity index (χ1n) is 3.84. The van der Waals surface area contributed by atoms with Gasteiger partial charge in [0.2, 0.25) is 0 Å². The Hall–Kier alpha value is -1.40. The smallest absolute Gasteiger partial charge is 0.423 e. The SMILES string of the molecule is Cc1cc(B(O)O)c2nncn2c1. The molecule has 0 saturated carbocycles. The van der Waals surface area contributed by atoms with Gasteiger partial charge in [0.05, 0.1) is 0 Å². The van der Waals surface area contributed by atoms with E-state index in [1.54, 1.807) is 10.5 Å².